The SMILES string of the molecule is CCOC(C)CNC(c1ccccc1)c1ccccc1. The Hall–Kier alpha value is -1.64. The van der Waals surface area contributed by atoms with Crippen molar-refractivity contribution in [1.29, 1.82) is 0 Å². The summed E-state index contributed by atoms with van der Waals surface area (Å²) in [6.45, 7) is 5.72. The lowest BCUT2D eigenvalue weighted by atomic mass is 9.98. The molecule has 2 rings (SSSR count). The maximum absolute atomic E-state index is 5.60. The summed E-state index contributed by atoms with van der Waals surface area (Å²) in [5.41, 5.74) is 2.56. The van der Waals surface area contributed by atoms with E-state index in [0.29, 0.717) is 0 Å². The number of hydrogen-bond donors (Lipinski definition) is 1. The van der Waals surface area contributed by atoms with Gasteiger partial charge in [-0.25, -0.2) is 0 Å². The average molecular weight is 269 g/mol. The van der Waals surface area contributed by atoms with Gasteiger partial charge in [0.25, 0.3) is 0 Å². The molecule has 2 aromatic rings. The highest BCUT2D eigenvalue weighted by molar-refractivity contribution is 5.31. The van der Waals surface area contributed by atoms with Gasteiger partial charge in [0.2, 0.25) is 0 Å². The van der Waals surface area contributed by atoms with Crippen LogP contribution in [0.4, 0.5) is 0 Å². The molecule has 0 fully saturated rings. The summed E-state index contributed by atoms with van der Waals surface area (Å²) in [6, 6.07) is 21.3. The maximum Gasteiger partial charge on any atom is 0.0671 e. The van der Waals surface area contributed by atoms with E-state index in [-0.39, 0.29) is 12.1 Å². The molecular formula is C18H23NO. The van der Waals surface area contributed by atoms with Crippen molar-refractivity contribution >= 4 is 0 Å². The molecule has 2 heteroatoms. The van der Waals surface area contributed by atoms with Crippen molar-refractivity contribution in [2.45, 2.75) is 26.0 Å². The zero-order valence-electron chi connectivity index (χ0n) is 12.3. The topological polar surface area (TPSA) is 21.3 Å². The van der Waals surface area contributed by atoms with Crippen LogP contribution in [0.1, 0.15) is 31.0 Å². The van der Waals surface area contributed by atoms with Crippen LogP contribution in [-0.2, 0) is 4.74 Å². The van der Waals surface area contributed by atoms with E-state index in [2.05, 4.69) is 60.8 Å². The number of benzene rings is 2. The molecule has 0 aliphatic heterocycles. The first-order valence-electron chi connectivity index (χ1n) is 7.26. The summed E-state index contributed by atoms with van der Waals surface area (Å²) in [5.74, 6) is 0. The molecule has 0 aromatic heterocycles. The Morgan fingerprint density at radius 2 is 1.40 bits per heavy atom. The van der Waals surface area contributed by atoms with E-state index >= 15 is 0 Å². The van der Waals surface area contributed by atoms with E-state index in [9.17, 15) is 0 Å². The van der Waals surface area contributed by atoms with Gasteiger partial charge in [-0.3, -0.25) is 0 Å². The molecule has 0 bridgehead atoms. The molecule has 2 nitrogen and oxygen atoms in total. The largest absolute Gasteiger partial charge is 0.377 e. The summed E-state index contributed by atoms with van der Waals surface area (Å²) in [5, 5.41) is 3.61. The summed E-state index contributed by atoms with van der Waals surface area (Å²) in [4.78, 5) is 0. The fourth-order valence-corrected chi connectivity index (χ4v) is 2.35. The molecule has 0 saturated heterocycles. The predicted octanol–water partition coefficient (Wildman–Crippen LogP) is 3.79. The average Bonchev–Trinajstić information content (AvgIpc) is 2.50. The van der Waals surface area contributed by atoms with Crippen molar-refractivity contribution < 1.29 is 4.74 Å². The monoisotopic (exact) mass is 269 g/mol. The first-order chi connectivity index (χ1) is 9.81. The molecule has 0 aliphatic carbocycles. The number of ether oxygens (including phenoxy) is 1. The van der Waals surface area contributed by atoms with Crippen molar-refractivity contribution in [3.8, 4) is 0 Å². The second kappa shape index (κ2) is 7.83. The molecule has 1 unspecified atom stereocenters. The molecule has 1 atom stereocenters. The Morgan fingerprint density at radius 1 is 0.900 bits per heavy atom. The lowest BCUT2D eigenvalue weighted by Crippen LogP contribution is -2.31. The van der Waals surface area contributed by atoms with Crippen LogP contribution < -0.4 is 5.32 Å². The molecular weight excluding hydrogens is 246 g/mol. The van der Waals surface area contributed by atoms with E-state index < -0.39 is 0 Å². The molecule has 0 amide bonds. The van der Waals surface area contributed by atoms with Crippen LogP contribution in [0.25, 0.3) is 0 Å². The van der Waals surface area contributed by atoms with Gasteiger partial charge in [0.1, 0.15) is 0 Å². The van der Waals surface area contributed by atoms with Gasteiger partial charge in [-0.2, -0.15) is 0 Å². The highest BCUT2D eigenvalue weighted by Crippen LogP contribution is 2.21. The zero-order chi connectivity index (χ0) is 14.2. The van der Waals surface area contributed by atoms with Crippen LogP contribution in [0.5, 0.6) is 0 Å². The van der Waals surface area contributed by atoms with E-state index in [1.165, 1.54) is 11.1 Å². The van der Waals surface area contributed by atoms with Crippen LogP contribution >= 0.6 is 0 Å². The van der Waals surface area contributed by atoms with E-state index in [0.717, 1.165) is 13.2 Å². The fraction of sp³-hybridized carbons (Fsp3) is 0.333. The van der Waals surface area contributed by atoms with Crippen LogP contribution in [0.3, 0.4) is 0 Å². The van der Waals surface area contributed by atoms with Crippen LogP contribution in [-0.4, -0.2) is 19.3 Å². The highest BCUT2D eigenvalue weighted by atomic mass is 16.5. The van der Waals surface area contributed by atoms with Gasteiger partial charge >= 0.3 is 0 Å². The van der Waals surface area contributed by atoms with Gasteiger partial charge in [0, 0.05) is 13.2 Å². The highest BCUT2D eigenvalue weighted by Gasteiger charge is 2.14. The minimum Gasteiger partial charge on any atom is -0.377 e. The van der Waals surface area contributed by atoms with Gasteiger partial charge < -0.3 is 10.1 Å². The van der Waals surface area contributed by atoms with Crippen molar-refractivity contribution in [3.05, 3.63) is 71.8 Å². The third-order valence-corrected chi connectivity index (χ3v) is 3.33. The fourth-order valence-electron chi connectivity index (χ4n) is 2.35. The molecule has 20 heavy (non-hydrogen) atoms. The second-order valence-electron chi connectivity index (χ2n) is 4.93. The normalized spacial score (nSPS) is 12.6. The van der Waals surface area contributed by atoms with Gasteiger partial charge in [-0.05, 0) is 25.0 Å². The van der Waals surface area contributed by atoms with Crippen molar-refractivity contribution in [2.75, 3.05) is 13.2 Å². The predicted molar refractivity (Wildman–Crippen MR) is 83.8 cm³/mol. The van der Waals surface area contributed by atoms with Gasteiger partial charge in [-0.15, -0.1) is 0 Å². The molecule has 106 valence electrons. The van der Waals surface area contributed by atoms with Crippen LogP contribution in [0.2, 0.25) is 0 Å². The summed E-state index contributed by atoms with van der Waals surface area (Å²) in [7, 11) is 0. The Kier molecular flexibility index (Phi) is 5.78. The minimum absolute atomic E-state index is 0.209. The summed E-state index contributed by atoms with van der Waals surface area (Å²) >= 11 is 0. The smallest absolute Gasteiger partial charge is 0.0671 e. The molecule has 2 aromatic carbocycles. The molecule has 0 aliphatic rings. The molecule has 0 radical (unpaired) electrons. The number of rotatable bonds is 7. The van der Waals surface area contributed by atoms with Crippen molar-refractivity contribution in [1.82, 2.24) is 5.32 Å². The number of nitrogens with one attached hydrogen (secondary N) is 1. The zero-order valence-corrected chi connectivity index (χ0v) is 12.3. The van der Waals surface area contributed by atoms with Gasteiger partial charge in [-0.1, -0.05) is 60.7 Å². The lowest BCUT2D eigenvalue weighted by molar-refractivity contribution is 0.0748. The first kappa shape index (κ1) is 14.8. The van der Waals surface area contributed by atoms with Gasteiger partial charge in [0.15, 0.2) is 0 Å². The standard InChI is InChI=1S/C18H23NO/c1-3-20-15(2)14-19-18(16-10-6-4-7-11-16)17-12-8-5-9-13-17/h4-13,15,18-19H,3,14H2,1-2H3. The Morgan fingerprint density at radius 3 is 1.85 bits per heavy atom. The quantitative estimate of drug-likeness (QED) is 0.825. The first-order valence-corrected chi connectivity index (χ1v) is 7.26. The van der Waals surface area contributed by atoms with E-state index in [1.54, 1.807) is 0 Å². The third kappa shape index (κ3) is 4.19. The lowest BCUT2D eigenvalue weighted by Gasteiger charge is -2.22. The summed E-state index contributed by atoms with van der Waals surface area (Å²) in [6.07, 6.45) is 0.218. The minimum atomic E-state index is 0.209. The Balaban J connectivity index is 2.13. The second-order valence-corrected chi connectivity index (χ2v) is 4.93. The Labute approximate surface area is 121 Å². The van der Waals surface area contributed by atoms with Crippen molar-refractivity contribution in [3.63, 3.8) is 0 Å². The molecule has 0 saturated carbocycles. The molecule has 0 heterocycles. The maximum atomic E-state index is 5.60. The van der Waals surface area contributed by atoms with E-state index in [4.69, 9.17) is 4.74 Å². The summed E-state index contributed by atoms with van der Waals surface area (Å²) < 4.78 is 5.60. The van der Waals surface area contributed by atoms with Gasteiger partial charge in [0.05, 0.1) is 12.1 Å². The van der Waals surface area contributed by atoms with Crippen molar-refractivity contribution in [2.24, 2.45) is 0 Å². The molecule has 0 spiro atoms. The Bertz CT molecular complexity index is 444. The van der Waals surface area contributed by atoms with Crippen LogP contribution in [0.15, 0.2) is 60.7 Å². The molecule has 1 N–H and O–H groups in total. The third-order valence-electron chi connectivity index (χ3n) is 3.33. The number of hydrogen-bond acceptors (Lipinski definition) is 2. The van der Waals surface area contributed by atoms with E-state index in [1.807, 2.05) is 19.1 Å². The van der Waals surface area contributed by atoms with Crippen LogP contribution in [0, 0.1) is 0 Å².